The summed E-state index contributed by atoms with van der Waals surface area (Å²) in [5.74, 6) is 0.674. The van der Waals surface area contributed by atoms with Crippen LogP contribution < -0.4 is 10.2 Å². The fourth-order valence-electron chi connectivity index (χ4n) is 4.33. The highest BCUT2D eigenvalue weighted by Crippen LogP contribution is 2.31. The number of anilines is 1. The molecule has 150 valence electrons. The number of carbonyl (C=O) groups excluding carboxylic acids is 1. The predicted octanol–water partition coefficient (Wildman–Crippen LogP) is 3.01. The summed E-state index contributed by atoms with van der Waals surface area (Å²) in [6, 6.07) is 6.87. The SMILES string of the molecule is Cc1cccc(N2CCN(CCC3CC(NC(=O)c4ncco4)C3)CC2)c1C. The van der Waals surface area contributed by atoms with Crippen LogP contribution in [0.25, 0.3) is 0 Å². The molecule has 1 N–H and O–H groups in total. The zero-order valence-corrected chi connectivity index (χ0v) is 16.9. The highest BCUT2D eigenvalue weighted by molar-refractivity contribution is 5.89. The number of aryl methyl sites for hydroxylation is 1. The zero-order chi connectivity index (χ0) is 19.5. The Kier molecular flexibility index (Phi) is 5.67. The van der Waals surface area contributed by atoms with Crippen molar-refractivity contribution in [3.63, 3.8) is 0 Å². The quantitative estimate of drug-likeness (QED) is 0.832. The average molecular weight is 383 g/mol. The Morgan fingerprint density at radius 2 is 2.00 bits per heavy atom. The lowest BCUT2D eigenvalue weighted by atomic mass is 9.78. The third kappa shape index (κ3) is 4.22. The fraction of sp³-hybridized carbons (Fsp3) is 0.545. The van der Waals surface area contributed by atoms with Crippen LogP contribution in [-0.2, 0) is 0 Å². The van der Waals surface area contributed by atoms with Gasteiger partial charge in [-0.1, -0.05) is 12.1 Å². The molecule has 0 unspecified atom stereocenters. The monoisotopic (exact) mass is 382 g/mol. The molecular formula is C22H30N4O2. The maximum absolute atomic E-state index is 11.9. The standard InChI is InChI=1S/C22H30N4O2/c1-16-4-3-5-20(17(16)2)26-11-9-25(10-12-26)8-6-18-14-19(15-18)24-21(27)22-23-7-13-28-22/h3-5,7,13,18-19H,6,8-12,14-15H2,1-2H3,(H,24,27). The lowest BCUT2D eigenvalue weighted by molar-refractivity contribution is 0.0842. The highest BCUT2D eigenvalue weighted by atomic mass is 16.3. The van der Waals surface area contributed by atoms with E-state index >= 15 is 0 Å². The molecule has 1 amide bonds. The van der Waals surface area contributed by atoms with Crippen molar-refractivity contribution in [1.82, 2.24) is 15.2 Å². The van der Waals surface area contributed by atoms with Gasteiger partial charge in [-0.2, -0.15) is 0 Å². The molecule has 0 spiro atoms. The summed E-state index contributed by atoms with van der Waals surface area (Å²) in [5.41, 5.74) is 4.17. The van der Waals surface area contributed by atoms with Gasteiger partial charge in [0.15, 0.2) is 0 Å². The summed E-state index contributed by atoms with van der Waals surface area (Å²) in [5, 5.41) is 3.01. The molecule has 2 aliphatic rings. The Morgan fingerprint density at radius 3 is 2.71 bits per heavy atom. The molecule has 1 saturated carbocycles. The van der Waals surface area contributed by atoms with Gasteiger partial charge in [-0.05, 0) is 62.8 Å². The van der Waals surface area contributed by atoms with Gasteiger partial charge in [0.05, 0.1) is 6.20 Å². The minimum Gasteiger partial charge on any atom is -0.441 e. The number of carbonyl (C=O) groups is 1. The number of oxazole rings is 1. The van der Waals surface area contributed by atoms with Gasteiger partial charge >= 0.3 is 5.91 Å². The summed E-state index contributed by atoms with van der Waals surface area (Å²) < 4.78 is 5.04. The lowest BCUT2D eigenvalue weighted by Crippen LogP contribution is -2.48. The lowest BCUT2D eigenvalue weighted by Gasteiger charge is -2.40. The predicted molar refractivity (Wildman–Crippen MR) is 110 cm³/mol. The van der Waals surface area contributed by atoms with Crippen LogP contribution in [0, 0.1) is 19.8 Å². The molecule has 1 aliphatic heterocycles. The Balaban J connectivity index is 1.15. The van der Waals surface area contributed by atoms with Gasteiger partial charge in [0.1, 0.15) is 6.26 Å². The first-order valence-electron chi connectivity index (χ1n) is 10.3. The molecule has 0 radical (unpaired) electrons. The molecule has 1 saturated heterocycles. The van der Waals surface area contributed by atoms with Crippen molar-refractivity contribution in [1.29, 1.82) is 0 Å². The average Bonchev–Trinajstić information content (AvgIpc) is 3.21. The van der Waals surface area contributed by atoms with E-state index in [1.54, 1.807) is 0 Å². The molecule has 1 aromatic heterocycles. The third-order valence-corrected chi connectivity index (χ3v) is 6.34. The second kappa shape index (κ2) is 8.35. The smallest absolute Gasteiger partial charge is 0.307 e. The minimum atomic E-state index is -0.198. The van der Waals surface area contributed by atoms with E-state index in [1.165, 1.54) is 35.7 Å². The Morgan fingerprint density at radius 1 is 1.21 bits per heavy atom. The molecule has 1 aromatic carbocycles. The molecule has 0 atom stereocenters. The van der Waals surface area contributed by atoms with E-state index in [0.717, 1.165) is 45.6 Å². The zero-order valence-electron chi connectivity index (χ0n) is 16.9. The summed E-state index contributed by atoms with van der Waals surface area (Å²) in [7, 11) is 0. The summed E-state index contributed by atoms with van der Waals surface area (Å²) in [6.45, 7) is 10.0. The van der Waals surface area contributed by atoms with Crippen LogP contribution in [0.3, 0.4) is 0 Å². The Bertz CT molecular complexity index is 791. The Hall–Kier alpha value is -2.34. The maximum Gasteiger partial charge on any atom is 0.307 e. The molecule has 6 heteroatoms. The molecule has 2 fully saturated rings. The van der Waals surface area contributed by atoms with Gasteiger partial charge in [0.25, 0.3) is 5.89 Å². The normalized spacial score (nSPS) is 22.7. The van der Waals surface area contributed by atoms with Crippen LogP contribution in [0.2, 0.25) is 0 Å². The van der Waals surface area contributed by atoms with Crippen LogP contribution in [0.15, 0.2) is 35.1 Å². The molecule has 2 heterocycles. The second-order valence-electron chi connectivity index (χ2n) is 8.18. The van der Waals surface area contributed by atoms with Crippen molar-refractivity contribution in [3.8, 4) is 0 Å². The van der Waals surface area contributed by atoms with E-state index in [2.05, 4.69) is 52.1 Å². The number of aromatic nitrogens is 1. The van der Waals surface area contributed by atoms with Gasteiger partial charge < -0.3 is 14.6 Å². The summed E-state index contributed by atoms with van der Waals surface area (Å²) in [4.78, 5) is 20.9. The molecule has 1 aliphatic carbocycles. The number of nitrogens with zero attached hydrogens (tertiary/aromatic N) is 3. The van der Waals surface area contributed by atoms with Crippen LogP contribution in [0.5, 0.6) is 0 Å². The second-order valence-corrected chi connectivity index (χ2v) is 8.18. The molecule has 4 rings (SSSR count). The van der Waals surface area contributed by atoms with Crippen LogP contribution in [0.1, 0.15) is 41.1 Å². The van der Waals surface area contributed by atoms with E-state index in [4.69, 9.17) is 4.42 Å². The molecular weight excluding hydrogens is 352 g/mol. The number of nitrogens with one attached hydrogen (secondary N) is 1. The highest BCUT2D eigenvalue weighted by Gasteiger charge is 2.31. The first-order chi connectivity index (χ1) is 13.6. The number of amides is 1. The number of hydrogen-bond donors (Lipinski definition) is 1. The van der Waals surface area contributed by atoms with E-state index < -0.39 is 0 Å². The van der Waals surface area contributed by atoms with Gasteiger partial charge in [0, 0.05) is 37.9 Å². The van der Waals surface area contributed by atoms with Crippen molar-refractivity contribution in [2.75, 3.05) is 37.6 Å². The largest absolute Gasteiger partial charge is 0.441 e. The first kappa shape index (κ1) is 19.0. The Labute approximate surface area is 166 Å². The first-order valence-corrected chi connectivity index (χ1v) is 10.3. The molecule has 28 heavy (non-hydrogen) atoms. The number of benzene rings is 1. The van der Waals surface area contributed by atoms with Gasteiger partial charge in [-0.3, -0.25) is 9.69 Å². The number of rotatable bonds is 6. The number of piperazine rings is 1. The van der Waals surface area contributed by atoms with E-state index in [1.807, 2.05) is 0 Å². The minimum absolute atomic E-state index is 0.158. The van der Waals surface area contributed by atoms with E-state index in [0.29, 0.717) is 5.92 Å². The third-order valence-electron chi connectivity index (χ3n) is 6.34. The van der Waals surface area contributed by atoms with Crippen molar-refractivity contribution < 1.29 is 9.21 Å². The van der Waals surface area contributed by atoms with Crippen molar-refractivity contribution in [3.05, 3.63) is 47.7 Å². The van der Waals surface area contributed by atoms with E-state index in [-0.39, 0.29) is 17.8 Å². The van der Waals surface area contributed by atoms with Crippen LogP contribution >= 0.6 is 0 Å². The molecule has 2 aromatic rings. The van der Waals surface area contributed by atoms with Crippen molar-refractivity contribution in [2.24, 2.45) is 5.92 Å². The fourth-order valence-corrected chi connectivity index (χ4v) is 4.33. The van der Waals surface area contributed by atoms with Gasteiger partial charge in [-0.25, -0.2) is 4.98 Å². The van der Waals surface area contributed by atoms with E-state index in [9.17, 15) is 4.79 Å². The summed E-state index contributed by atoms with van der Waals surface area (Å²) >= 11 is 0. The topological polar surface area (TPSA) is 61.6 Å². The number of hydrogen-bond acceptors (Lipinski definition) is 5. The van der Waals surface area contributed by atoms with Crippen molar-refractivity contribution in [2.45, 2.75) is 39.2 Å². The molecule has 0 bridgehead atoms. The van der Waals surface area contributed by atoms with Crippen LogP contribution in [0.4, 0.5) is 5.69 Å². The summed E-state index contributed by atoms with van der Waals surface area (Å²) in [6.07, 6.45) is 6.27. The van der Waals surface area contributed by atoms with Crippen molar-refractivity contribution >= 4 is 11.6 Å². The maximum atomic E-state index is 11.9. The van der Waals surface area contributed by atoms with Gasteiger partial charge in [-0.15, -0.1) is 0 Å². The van der Waals surface area contributed by atoms with Crippen LogP contribution in [-0.4, -0.2) is 54.6 Å². The molecule has 6 nitrogen and oxygen atoms in total. The van der Waals surface area contributed by atoms with Gasteiger partial charge in [0.2, 0.25) is 0 Å².